The van der Waals surface area contributed by atoms with Crippen molar-refractivity contribution in [2.75, 3.05) is 6.61 Å². The average Bonchev–Trinajstić information content (AvgIpc) is 3.12. The highest BCUT2D eigenvalue weighted by atomic mass is 16.5. The molecular formula is C30H55NO. The Kier molecular flexibility index (Phi) is 18.6. The lowest BCUT2D eigenvalue weighted by Gasteiger charge is -2.07. The maximum absolute atomic E-state index is 5.63. The Morgan fingerprint density at radius 2 is 1.06 bits per heavy atom. The summed E-state index contributed by atoms with van der Waals surface area (Å²) < 4.78 is 5.63. The van der Waals surface area contributed by atoms with Crippen molar-refractivity contribution < 1.29 is 4.74 Å². The lowest BCUT2D eigenvalue weighted by molar-refractivity contribution is 0.273. The number of unbranched alkanes of at least 4 members (excludes halogenated alkanes) is 16. The Hall–Kier alpha value is -1.05. The van der Waals surface area contributed by atoms with Crippen LogP contribution in [-0.2, 0) is 4.74 Å². The van der Waals surface area contributed by atoms with Gasteiger partial charge in [-0.25, -0.2) is 4.99 Å². The second-order valence-electron chi connectivity index (χ2n) is 10.4. The molecule has 1 aliphatic heterocycles. The summed E-state index contributed by atoms with van der Waals surface area (Å²) in [6.07, 6.45) is 36.4. The Labute approximate surface area is 201 Å². The first-order valence-electron chi connectivity index (χ1n) is 14.2. The molecule has 1 aliphatic rings. The fourth-order valence-electron chi connectivity index (χ4n) is 4.28. The van der Waals surface area contributed by atoms with Crippen LogP contribution < -0.4 is 0 Å². The minimum Gasteiger partial charge on any atom is -0.478 e. The molecule has 0 saturated heterocycles. The maximum atomic E-state index is 5.63. The van der Waals surface area contributed by atoms with Crippen LogP contribution in [0.4, 0.5) is 0 Å². The Bertz CT molecular complexity index is 503. The second-order valence-corrected chi connectivity index (χ2v) is 10.4. The smallest absolute Gasteiger partial charge is 0.183 e. The fraction of sp³-hybridized carbons (Fsp3) is 0.833. The van der Waals surface area contributed by atoms with E-state index in [9.17, 15) is 0 Å². The van der Waals surface area contributed by atoms with Crippen LogP contribution in [0.15, 0.2) is 29.3 Å². The monoisotopic (exact) mass is 445 g/mol. The average molecular weight is 446 g/mol. The third-order valence-electron chi connectivity index (χ3n) is 6.34. The second kappa shape index (κ2) is 20.5. The largest absolute Gasteiger partial charge is 0.478 e. The van der Waals surface area contributed by atoms with Gasteiger partial charge in [0.1, 0.15) is 6.61 Å². The highest BCUT2D eigenvalue weighted by molar-refractivity contribution is 5.78. The minimum atomic E-state index is -0.00974. The molecule has 0 aromatic carbocycles. The minimum absolute atomic E-state index is 0.00974. The molecule has 2 heteroatoms. The molecule has 0 N–H and O–H groups in total. The Morgan fingerprint density at radius 3 is 1.53 bits per heavy atom. The maximum Gasteiger partial charge on any atom is 0.183 e. The van der Waals surface area contributed by atoms with Crippen LogP contribution in [0.25, 0.3) is 0 Å². The van der Waals surface area contributed by atoms with Gasteiger partial charge in [0.2, 0.25) is 0 Å². The van der Waals surface area contributed by atoms with Crippen molar-refractivity contribution >= 4 is 5.90 Å². The van der Waals surface area contributed by atoms with Crippen molar-refractivity contribution in [3.8, 4) is 0 Å². The summed E-state index contributed by atoms with van der Waals surface area (Å²) in [4.78, 5) is 4.61. The molecular weight excluding hydrogens is 390 g/mol. The molecule has 1 rings (SSSR count). The molecule has 1 heterocycles. The molecule has 2 nitrogen and oxygen atoms in total. The first kappa shape index (κ1) is 29.0. The van der Waals surface area contributed by atoms with Crippen LogP contribution in [0, 0.1) is 0 Å². The summed E-state index contributed by atoms with van der Waals surface area (Å²) in [5.41, 5.74) is -0.00974. The SMILES string of the molecule is CCCCCCCCCCCCCCCC/C=C\CC/C=C\CCCC1=NC(C)(C)CO1. The van der Waals surface area contributed by atoms with Gasteiger partial charge in [-0.3, -0.25) is 0 Å². The van der Waals surface area contributed by atoms with E-state index in [2.05, 4.69) is 50.1 Å². The van der Waals surface area contributed by atoms with Crippen LogP contribution >= 0.6 is 0 Å². The third kappa shape index (κ3) is 18.5. The van der Waals surface area contributed by atoms with Crippen molar-refractivity contribution in [3.63, 3.8) is 0 Å². The van der Waals surface area contributed by atoms with Crippen molar-refractivity contribution in [1.82, 2.24) is 0 Å². The van der Waals surface area contributed by atoms with E-state index in [4.69, 9.17) is 4.74 Å². The van der Waals surface area contributed by atoms with E-state index in [0.717, 1.165) is 31.8 Å². The van der Waals surface area contributed by atoms with Crippen LogP contribution in [0.5, 0.6) is 0 Å². The summed E-state index contributed by atoms with van der Waals surface area (Å²) in [7, 11) is 0. The zero-order valence-electron chi connectivity index (χ0n) is 22.0. The molecule has 0 aliphatic carbocycles. The first-order chi connectivity index (χ1) is 15.6. The predicted octanol–water partition coefficient (Wildman–Crippen LogP) is 10.1. The van der Waals surface area contributed by atoms with Gasteiger partial charge in [-0.2, -0.15) is 0 Å². The van der Waals surface area contributed by atoms with E-state index in [1.54, 1.807) is 0 Å². The fourth-order valence-corrected chi connectivity index (χ4v) is 4.28. The molecule has 0 aromatic rings. The van der Waals surface area contributed by atoms with Crippen LogP contribution in [-0.4, -0.2) is 18.0 Å². The van der Waals surface area contributed by atoms with E-state index >= 15 is 0 Å². The highest BCUT2D eigenvalue weighted by Crippen LogP contribution is 2.19. The molecule has 0 unspecified atom stereocenters. The molecule has 32 heavy (non-hydrogen) atoms. The number of aliphatic imine (C=N–C) groups is 1. The van der Waals surface area contributed by atoms with Gasteiger partial charge < -0.3 is 4.74 Å². The summed E-state index contributed by atoms with van der Waals surface area (Å²) in [5, 5.41) is 0. The van der Waals surface area contributed by atoms with Crippen molar-refractivity contribution in [1.29, 1.82) is 0 Å². The number of nitrogens with zero attached hydrogens (tertiary/aromatic N) is 1. The Balaban J connectivity index is 1.75. The normalized spacial score (nSPS) is 15.7. The summed E-state index contributed by atoms with van der Waals surface area (Å²) in [6, 6.07) is 0. The van der Waals surface area contributed by atoms with E-state index in [-0.39, 0.29) is 5.54 Å². The summed E-state index contributed by atoms with van der Waals surface area (Å²) in [5.74, 6) is 0.954. The molecule has 0 fully saturated rings. The number of hydrogen-bond donors (Lipinski definition) is 0. The zero-order chi connectivity index (χ0) is 23.2. The quantitative estimate of drug-likeness (QED) is 0.120. The van der Waals surface area contributed by atoms with Gasteiger partial charge in [0.25, 0.3) is 0 Å². The lowest BCUT2D eigenvalue weighted by atomic mass is 10.0. The van der Waals surface area contributed by atoms with Gasteiger partial charge in [0, 0.05) is 6.42 Å². The molecule has 0 radical (unpaired) electrons. The van der Waals surface area contributed by atoms with Gasteiger partial charge in [-0.1, -0.05) is 115 Å². The molecule has 0 spiro atoms. The van der Waals surface area contributed by atoms with Gasteiger partial charge in [-0.15, -0.1) is 0 Å². The molecule has 0 aromatic heterocycles. The lowest BCUT2D eigenvalue weighted by Crippen LogP contribution is -2.17. The van der Waals surface area contributed by atoms with Crippen molar-refractivity contribution in [2.45, 2.75) is 155 Å². The van der Waals surface area contributed by atoms with Gasteiger partial charge >= 0.3 is 0 Å². The number of allylic oxidation sites excluding steroid dienone is 4. The van der Waals surface area contributed by atoms with E-state index in [1.165, 1.54) is 109 Å². The van der Waals surface area contributed by atoms with Crippen LogP contribution in [0.1, 0.15) is 149 Å². The molecule has 0 amide bonds. The number of ether oxygens (including phenoxy) is 1. The highest BCUT2D eigenvalue weighted by Gasteiger charge is 2.25. The summed E-state index contributed by atoms with van der Waals surface area (Å²) in [6.45, 7) is 7.30. The van der Waals surface area contributed by atoms with Crippen LogP contribution in [0.2, 0.25) is 0 Å². The van der Waals surface area contributed by atoms with Gasteiger partial charge in [0.05, 0.1) is 5.54 Å². The molecule has 0 atom stereocenters. The standard InChI is InChI=1S/C30H55NO/c1-4-5-6-7-8-9-10-11-12-13-14-15-16-17-18-19-20-21-22-23-24-25-26-27-29-31-30(2,3)28-32-29/h19-20,23-24H,4-18,21-22,25-28H2,1-3H3/b20-19-,24-23-. The van der Waals surface area contributed by atoms with E-state index in [1.807, 2.05) is 0 Å². The summed E-state index contributed by atoms with van der Waals surface area (Å²) >= 11 is 0. The van der Waals surface area contributed by atoms with Gasteiger partial charge in [0.15, 0.2) is 5.90 Å². The van der Waals surface area contributed by atoms with Crippen molar-refractivity contribution in [3.05, 3.63) is 24.3 Å². The first-order valence-corrected chi connectivity index (χ1v) is 14.2. The topological polar surface area (TPSA) is 21.6 Å². The third-order valence-corrected chi connectivity index (χ3v) is 6.34. The molecule has 0 saturated carbocycles. The molecule has 186 valence electrons. The van der Waals surface area contributed by atoms with E-state index < -0.39 is 0 Å². The number of hydrogen-bond acceptors (Lipinski definition) is 2. The van der Waals surface area contributed by atoms with E-state index in [0.29, 0.717) is 0 Å². The molecule has 0 bridgehead atoms. The van der Waals surface area contributed by atoms with Crippen molar-refractivity contribution in [2.24, 2.45) is 4.99 Å². The van der Waals surface area contributed by atoms with Gasteiger partial charge in [-0.05, 0) is 52.4 Å². The predicted molar refractivity (Wildman–Crippen MR) is 144 cm³/mol. The number of rotatable bonds is 22. The van der Waals surface area contributed by atoms with Crippen LogP contribution in [0.3, 0.4) is 0 Å². The Morgan fingerprint density at radius 1 is 0.625 bits per heavy atom. The zero-order valence-corrected chi connectivity index (χ0v) is 22.0.